The van der Waals surface area contributed by atoms with Crippen LogP contribution in [0.25, 0.3) is 0 Å². The van der Waals surface area contributed by atoms with Crippen molar-refractivity contribution in [3.8, 4) is 6.07 Å². The summed E-state index contributed by atoms with van der Waals surface area (Å²) in [5, 5.41) is 10.8. The van der Waals surface area contributed by atoms with Gasteiger partial charge in [0.25, 0.3) is 0 Å². The lowest BCUT2D eigenvalue weighted by molar-refractivity contribution is -0.122. The third kappa shape index (κ3) is 6.40. The maximum atomic E-state index is 11.2. The van der Waals surface area contributed by atoms with E-state index in [1.54, 1.807) is 7.11 Å². The Morgan fingerprint density at radius 2 is 2.43 bits per heavy atom. The highest BCUT2D eigenvalue weighted by Gasteiger charge is 2.11. The minimum atomic E-state index is -0.496. The molecule has 0 aliphatic heterocycles. The molecule has 0 aromatic heterocycles. The SMILES string of the molecule is COCCCC(N)C(=O)NCCC#N. The normalized spacial score (nSPS) is 11.8. The van der Waals surface area contributed by atoms with E-state index in [1.807, 2.05) is 6.07 Å². The summed E-state index contributed by atoms with van der Waals surface area (Å²) in [4.78, 5) is 11.2. The van der Waals surface area contributed by atoms with Gasteiger partial charge in [0.05, 0.1) is 18.5 Å². The maximum absolute atomic E-state index is 11.2. The highest BCUT2D eigenvalue weighted by atomic mass is 16.5. The fraction of sp³-hybridized carbons (Fsp3) is 0.778. The van der Waals surface area contributed by atoms with Crippen LogP contribution in [0.3, 0.4) is 0 Å². The predicted molar refractivity (Wildman–Crippen MR) is 52.3 cm³/mol. The van der Waals surface area contributed by atoms with Gasteiger partial charge >= 0.3 is 0 Å². The average Bonchev–Trinajstić information content (AvgIpc) is 2.18. The summed E-state index contributed by atoms with van der Waals surface area (Å²) < 4.78 is 4.84. The van der Waals surface area contributed by atoms with E-state index >= 15 is 0 Å². The van der Waals surface area contributed by atoms with E-state index in [0.717, 1.165) is 6.42 Å². The first-order valence-corrected chi connectivity index (χ1v) is 4.61. The lowest BCUT2D eigenvalue weighted by Gasteiger charge is -2.10. The molecule has 0 rings (SSSR count). The van der Waals surface area contributed by atoms with Crippen LogP contribution >= 0.6 is 0 Å². The number of amides is 1. The lowest BCUT2D eigenvalue weighted by atomic mass is 10.1. The summed E-state index contributed by atoms with van der Waals surface area (Å²) in [6.07, 6.45) is 1.69. The maximum Gasteiger partial charge on any atom is 0.236 e. The van der Waals surface area contributed by atoms with Crippen LogP contribution in [0.5, 0.6) is 0 Å². The van der Waals surface area contributed by atoms with Gasteiger partial charge in [-0.3, -0.25) is 4.79 Å². The fourth-order valence-corrected chi connectivity index (χ4v) is 0.951. The second-order valence-electron chi connectivity index (χ2n) is 2.94. The van der Waals surface area contributed by atoms with Gasteiger partial charge in [0.15, 0.2) is 0 Å². The molecule has 1 amide bonds. The van der Waals surface area contributed by atoms with Gasteiger partial charge in [-0.1, -0.05) is 0 Å². The first kappa shape index (κ1) is 12.9. The molecule has 0 heterocycles. The molecule has 0 aliphatic carbocycles. The van der Waals surface area contributed by atoms with Crippen molar-refractivity contribution < 1.29 is 9.53 Å². The molecule has 80 valence electrons. The molecule has 0 saturated heterocycles. The first-order valence-electron chi connectivity index (χ1n) is 4.61. The largest absolute Gasteiger partial charge is 0.385 e. The number of methoxy groups -OCH3 is 1. The number of nitrogens with one attached hydrogen (secondary N) is 1. The summed E-state index contributed by atoms with van der Waals surface area (Å²) in [5.74, 6) is -0.198. The molecule has 5 heteroatoms. The molecule has 1 unspecified atom stereocenters. The van der Waals surface area contributed by atoms with Crippen molar-refractivity contribution in [1.82, 2.24) is 5.32 Å². The number of carbonyl (C=O) groups is 1. The van der Waals surface area contributed by atoms with E-state index in [9.17, 15) is 4.79 Å². The molecule has 0 aromatic rings. The monoisotopic (exact) mass is 199 g/mol. The molecule has 0 aliphatic rings. The van der Waals surface area contributed by atoms with Crippen LogP contribution in [0.15, 0.2) is 0 Å². The van der Waals surface area contributed by atoms with Gasteiger partial charge in [-0.05, 0) is 12.8 Å². The van der Waals surface area contributed by atoms with Gasteiger partial charge in [-0.15, -0.1) is 0 Å². The van der Waals surface area contributed by atoms with E-state index in [4.69, 9.17) is 15.7 Å². The van der Waals surface area contributed by atoms with E-state index in [1.165, 1.54) is 0 Å². The van der Waals surface area contributed by atoms with Crippen molar-refractivity contribution in [1.29, 1.82) is 5.26 Å². The van der Waals surface area contributed by atoms with Crippen molar-refractivity contribution in [3.05, 3.63) is 0 Å². The summed E-state index contributed by atoms with van der Waals surface area (Å²) >= 11 is 0. The van der Waals surface area contributed by atoms with Gasteiger partial charge in [0.2, 0.25) is 5.91 Å². The number of nitriles is 1. The zero-order valence-corrected chi connectivity index (χ0v) is 8.45. The molecule has 0 spiro atoms. The van der Waals surface area contributed by atoms with Crippen molar-refractivity contribution >= 4 is 5.91 Å². The summed E-state index contributed by atoms with van der Waals surface area (Å²) in [6.45, 7) is 0.979. The van der Waals surface area contributed by atoms with Crippen molar-refractivity contribution in [2.75, 3.05) is 20.3 Å². The minimum absolute atomic E-state index is 0.198. The second kappa shape index (κ2) is 8.48. The van der Waals surface area contributed by atoms with E-state index in [0.29, 0.717) is 26.0 Å². The summed E-state index contributed by atoms with van der Waals surface area (Å²) in [6, 6.07) is 1.44. The van der Waals surface area contributed by atoms with Crippen LogP contribution in [-0.4, -0.2) is 32.2 Å². The Balaban J connectivity index is 3.50. The quantitative estimate of drug-likeness (QED) is 0.554. The van der Waals surface area contributed by atoms with E-state index in [2.05, 4.69) is 5.32 Å². The van der Waals surface area contributed by atoms with Crippen LogP contribution < -0.4 is 11.1 Å². The highest BCUT2D eigenvalue weighted by molar-refractivity contribution is 5.81. The molecule has 0 bridgehead atoms. The number of rotatable bonds is 7. The molecule has 3 N–H and O–H groups in total. The topological polar surface area (TPSA) is 88.1 Å². The molecule has 0 fully saturated rings. The molecule has 0 saturated carbocycles. The first-order chi connectivity index (χ1) is 6.72. The Bertz CT molecular complexity index is 201. The molecular weight excluding hydrogens is 182 g/mol. The third-order valence-electron chi connectivity index (χ3n) is 1.74. The van der Waals surface area contributed by atoms with Crippen molar-refractivity contribution in [3.63, 3.8) is 0 Å². The molecule has 5 nitrogen and oxygen atoms in total. The zero-order valence-electron chi connectivity index (χ0n) is 8.45. The van der Waals surface area contributed by atoms with Crippen LogP contribution in [0.1, 0.15) is 19.3 Å². The molecule has 0 aromatic carbocycles. The van der Waals surface area contributed by atoms with Crippen molar-refractivity contribution in [2.45, 2.75) is 25.3 Å². The number of ether oxygens (including phenoxy) is 1. The average molecular weight is 199 g/mol. The second-order valence-corrected chi connectivity index (χ2v) is 2.94. The van der Waals surface area contributed by atoms with Crippen LogP contribution in [0.2, 0.25) is 0 Å². The standard InChI is InChI=1S/C9H17N3O2/c1-14-7-2-4-8(11)9(13)12-6-3-5-10/h8H,2-4,6-7,11H2,1H3,(H,12,13). The molecular formula is C9H17N3O2. The van der Waals surface area contributed by atoms with Gasteiger partial charge in [0.1, 0.15) is 0 Å². The number of nitrogens with two attached hydrogens (primary N) is 1. The fourth-order valence-electron chi connectivity index (χ4n) is 0.951. The van der Waals surface area contributed by atoms with Crippen LogP contribution in [0.4, 0.5) is 0 Å². The zero-order chi connectivity index (χ0) is 10.8. The van der Waals surface area contributed by atoms with E-state index < -0.39 is 6.04 Å². The van der Waals surface area contributed by atoms with Crippen LogP contribution in [-0.2, 0) is 9.53 Å². The number of hydrogen-bond acceptors (Lipinski definition) is 4. The summed E-state index contributed by atoms with van der Waals surface area (Å²) in [5.41, 5.74) is 5.59. The van der Waals surface area contributed by atoms with Gasteiger partial charge in [0, 0.05) is 20.3 Å². The molecule has 1 atom stereocenters. The van der Waals surface area contributed by atoms with E-state index in [-0.39, 0.29) is 5.91 Å². The smallest absolute Gasteiger partial charge is 0.236 e. The van der Waals surface area contributed by atoms with Gasteiger partial charge in [-0.25, -0.2) is 0 Å². The number of nitrogens with zero attached hydrogens (tertiary/aromatic N) is 1. The lowest BCUT2D eigenvalue weighted by Crippen LogP contribution is -2.40. The number of carbonyl (C=O) groups excluding carboxylic acids is 1. The van der Waals surface area contributed by atoms with Gasteiger partial charge in [-0.2, -0.15) is 5.26 Å². The Kier molecular flexibility index (Phi) is 7.80. The Morgan fingerprint density at radius 3 is 3.00 bits per heavy atom. The Morgan fingerprint density at radius 1 is 1.71 bits per heavy atom. The molecule has 14 heavy (non-hydrogen) atoms. The number of hydrogen-bond donors (Lipinski definition) is 2. The Hall–Kier alpha value is -1.12. The van der Waals surface area contributed by atoms with Crippen LogP contribution in [0, 0.1) is 11.3 Å². The van der Waals surface area contributed by atoms with Gasteiger partial charge < -0.3 is 15.8 Å². The minimum Gasteiger partial charge on any atom is -0.385 e. The highest BCUT2D eigenvalue weighted by Crippen LogP contribution is 1.94. The summed E-state index contributed by atoms with van der Waals surface area (Å²) in [7, 11) is 1.61. The predicted octanol–water partition coefficient (Wildman–Crippen LogP) is -0.230. The Labute approximate surface area is 84.2 Å². The van der Waals surface area contributed by atoms with Crippen molar-refractivity contribution in [2.24, 2.45) is 5.73 Å². The third-order valence-corrected chi connectivity index (χ3v) is 1.74. The molecule has 0 radical (unpaired) electrons.